The van der Waals surface area contributed by atoms with E-state index in [0.717, 1.165) is 36.2 Å². The van der Waals surface area contributed by atoms with Crippen LogP contribution in [0.1, 0.15) is 30.2 Å². The summed E-state index contributed by atoms with van der Waals surface area (Å²) in [6, 6.07) is 13.8. The standard InChI is InChI=1S/C23H25N5O/c1-3-19-14-21(27-22(25-19)18-8-11-24-12-9-18)26-20-10-13-28(23(20)29)15-17-6-4-16(2)5-7-17/h4-9,11-12,14,20H,3,10,13,15H2,1-2H3,(H,25,26,27). The predicted octanol–water partition coefficient (Wildman–Crippen LogP) is 3.62. The van der Waals surface area contributed by atoms with Gasteiger partial charge in [0.15, 0.2) is 5.82 Å². The first-order valence-electron chi connectivity index (χ1n) is 10.0. The molecule has 4 rings (SSSR count). The Morgan fingerprint density at radius 3 is 2.59 bits per heavy atom. The number of anilines is 1. The van der Waals surface area contributed by atoms with E-state index in [9.17, 15) is 4.79 Å². The lowest BCUT2D eigenvalue weighted by Crippen LogP contribution is -2.33. The van der Waals surface area contributed by atoms with Gasteiger partial charge < -0.3 is 10.2 Å². The van der Waals surface area contributed by atoms with Gasteiger partial charge in [-0.2, -0.15) is 0 Å². The van der Waals surface area contributed by atoms with E-state index in [0.29, 0.717) is 18.2 Å². The Hall–Kier alpha value is -3.28. The van der Waals surface area contributed by atoms with Crippen LogP contribution in [0.15, 0.2) is 54.9 Å². The summed E-state index contributed by atoms with van der Waals surface area (Å²) in [5.74, 6) is 1.46. The van der Waals surface area contributed by atoms with Crippen LogP contribution in [0.5, 0.6) is 0 Å². The molecule has 0 bridgehead atoms. The maximum atomic E-state index is 12.9. The van der Waals surface area contributed by atoms with E-state index in [4.69, 9.17) is 0 Å². The molecule has 1 amide bonds. The summed E-state index contributed by atoms with van der Waals surface area (Å²) in [7, 11) is 0. The molecule has 148 valence electrons. The number of nitrogens with zero attached hydrogens (tertiary/aromatic N) is 4. The molecule has 3 heterocycles. The second-order valence-corrected chi connectivity index (χ2v) is 7.39. The van der Waals surface area contributed by atoms with E-state index in [1.807, 2.05) is 23.1 Å². The van der Waals surface area contributed by atoms with Crippen LogP contribution in [0.4, 0.5) is 5.82 Å². The first kappa shape index (κ1) is 19.1. The van der Waals surface area contributed by atoms with Gasteiger partial charge >= 0.3 is 0 Å². The number of amides is 1. The van der Waals surface area contributed by atoms with Gasteiger partial charge in [-0.3, -0.25) is 9.78 Å². The zero-order chi connectivity index (χ0) is 20.2. The molecule has 29 heavy (non-hydrogen) atoms. The quantitative estimate of drug-likeness (QED) is 0.699. The molecule has 1 aliphatic rings. The molecule has 6 nitrogen and oxygen atoms in total. The van der Waals surface area contributed by atoms with Crippen LogP contribution in [0, 0.1) is 6.92 Å². The Morgan fingerprint density at radius 2 is 1.86 bits per heavy atom. The summed E-state index contributed by atoms with van der Waals surface area (Å²) in [6.07, 6.45) is 5.02. The molecule has 2 aromatic heterocycles. The topological polar surface area (TPSA) is 71.0 Å². The number of rotatable bonds is 6. The number of aryl methyl sites for hydroxylation is 2. The number of hydrogen-bond acceptors (Lipinski definition) is 5. The van der Waals surface area contributed by atoms with Gasteiger partial charge in [0.25, 0.3) is 0 Å². The van der Waals surface area contributed by atoms with E-state index in [-0.39, 0.29) is 11.9 Å². The van der Waals surface area contributed by atoms with E-state index in [2.05, 4.69) is 58.4 Å². The lowest BCUT2D eigenvalue weighted by atomic mass is 10.1. The molecule has 0 radical (unpaired) electrons. The molecule has 0 aliphatic carbocycles. The van der Waals surface area contributed by atoms with Crippen molar-refractivity contribution >= 4 is 11.7 Å². The summed E-state index contributed by atoms with van der Waals surface area (Å²) in [6.45, 7) is 5.51. The molecule has 1 fully saturated rings. The van der Waals surface area contributed by atoms with Crippen molar-refractivity contribution in [2.75, 3.05) is 11.9 Å². The fourth-order valence-electron chi connectivity index (χ4n) is 3.50. The van der Waals surface area contributed by atoms with Gasteiger partial charge in [-0.1, -0.05) is 36.8 Å². The van der Waals surface area contributed by atoms with Crippen LogP contribution in [-0.4, -0.2) is 38.3 Å². The van der Waals surface area contributed by atoms with Gasteiger partial charge in [-0.05, 0) is 37.5 Å². The molecule has 0 saturated carbocycles. The summed E-state index contributed by atoms with van der Waals surface area (Å²) < 4.78 is 0. The van der Waals surface area contributed by atoms with Crippen molar-refractivity contribution < 1.29 is 4.79 Å². The molecular formula is C23H25N5O. The third-order valence-electron chi connectivity index (χ3n) is 5.19. The summed E-state index contributed by atoms with van der Waals surface area (Å²) in [5.41, 5.74) is 4.23. The fraction of sp³-hybridized carbons (Fsp3) is 0.304. The molecule has 0 spiro atoms. The van der Waals surface area contributed by atoms with Gasteiger partial charge in [0, 0.05) is 42.8 Å². The van der Waals surface area contributed by atoms with E-state index in [1.165, 1.54) is 5.56 Å². The zero-order valence-electron chi connectivity index (χ0n) is 16.8. The second-order valence-electron chi connectivity index (χ2n) is 7.39. The lowest BCUT2D eigenvalue weighted by molar-refractivity contribution is -0.128. The van der Waals surface area contributed by atoms with Crippen molar-refractivity contribution in [2.24, 2.45) is 0 Å². The number of hydrogen-bond donors (Lipinski definition) is 1. The SMILES string of the molecule is CCc1cc(NC2CCN(Cc3ccc(C)cc3)C2=O)nc(-c2ccncc2)n1. The van der Waals surface area contributed by atoms with Crippen molar-refractivity contribution in [3.05, 3.63) is 71.7 Å². The van der Waals surface area contributed by atoms with Crippen molar-refractivity contribution in [3.8, 4) is 11.4 Å². The Morgan fingerprint density at radius 1 is 1.10 bits per heavy atom. The summed E-state index contributed by atoms with van der Waals surface area (Å²) >= 11 is 0. The van der Waals surface area contributed by atoms with E-state index >= 15 is 0 Å². The second kappa shape index (κ2) is 8.39. The van der Waals surface area contributed by atoms with Gasteiger partial charge in [0.1, 0.15) is 11.9 Å². The molecule has 1 aliphatic heterocycles. The molecule has 1 aromatic carbocycles. The number of aromatic nitrogens is 3. The highest BCUT2D eigenvalue weighted by Crippen LogP contribution is 2.22. The van der Waals surface area contributed by atoms with Crippen LogP contribution in [-0.2, 0) is 17.8 Å². The third-order valence-corrected chi connectivity index (χ3v) is 5.19. The lowest BCUT2D eigenvalue weighted by Gasteiger charge is -2.18. The van der Waals surface area contributed by atoms with Gasteiger partial charge in [-0.15, -0.1) is 0 Å². The Balaban J connectivity index is 1.49. The normalized spacial score (nSPS) is 16.3. The smallest absolute Gasteiger partial charge is 0.245 e. The molecular weight excluding hydrogens is 362 g/mol. The molecule has 6 heteroatoms. The van der Waals surface area contributed by atoms with Crippen molar-refractivity contribution in [1.29, 1.82) is 0 Å². The average Bonchev–Trinajstić information content (AvgIpc) is 3.09. The number of pyridine rings is 1. The minimum absolute atomic E-state index is 0.118. The van der Waals surface area contributed by atoms with Crippen LogP contribution in [0.3, 0.4) is 0 Å². The number of nitrogens with one attached hydrogen (secondary N) is 1. The first-order valence-corrected chi connectivity index (χ1v) is 10.0. The monoisotopic (exact) mass is 387 g/mol. The number of benzene rings is 1. The molecule has 1 atom stereocenters. The molecule has 3 aromatic rings. The summed E-state index contributed by atoms with van der Waals surface area (Å²) in [5, 5.41) is 3.34. The Bertz CT molecular complexity index is 988. The minimum Gasteiger partial charge on any atom is -0.358 e. The molecule has 1 N–H and O–H groups in total. The van der Waals surface area contributed by atoms with E-state index in [1.54, 1.807) is 12.4 Å². The number of likely N-dealkylation sites (tertiary alicyclic amines) is 1. The zero-order valence-corrected chi connectivity index (χ0v) is 16.8. The van der Waals surface area contributed by atoms with Gasteiger partial charge in [0.05, 0.1) is 0 Å². The van der Waals surface area contributed by atoms with Gasteiger partial charge in [0.2, 0.25) is 5.91 Å². The van der Waals surface area contributed by atoms with Gasteiger partial charge in [-0.25, -0.2) is 9.97 Å². The highest BCUT2D eigenvalue weighted by molar-refractivity contribution is 5.86. The van der Waals surface area contributed by atoms with E-state index < -0.39 is 0 Å². The Kier molecular flexibility index (Phi) is 5.51. The maximum Gasteiger partial charge on any atom is 0.245 e. The number of carbonyl (C=O) groups is 1. The van der Waals surface area contributed by atoms with Crippen molar-refractivity contribution in [3.63, 3.8) is 0 Å². The first-order chi connectivity index (χ1) is 14.1. The van der Waals surface area contributed by atoms with Crippen LogP contribution >= 0.6 is 0 Å². The highest BCUT2D eigenvalue weighted by atomic mass is 16.2. The Labute approximate surface area is 171 Å². The summed E-state index contributed by atoms with van der Waals surface area (Å²) in [4.78, 5) is 28.1. The number of carbonyl (C=O) groups excluding carboxylic acids is 1. The largest absolute Gasteiger partial charge is 0.358 e. The van der Waals surface area contributed by atoms with Crippen molar-refractivity contribution in [1.82, 2.24) is 19.9 Å². The van der Waals surface area contributed by atoms with Crippen molar-refractivity contribution in [2.45, 2.75) is 39.3 Å². The van der Waals surface area contributed by atoms with Crippen LogP contribution in [0.25, 0.3) is 11.4 Å². The maximum absolute atomic E-state index is 12.9. The van der Waals surface area contributed by atoms with Crippen LogP contribution < -0.4 is 5.32 Å². The molecule has 1 unspecified atom stereocenters. The van der Waals surface area contributed by atoms with Crippen LogP contribution in [0.2, 0.25) is 0 Å². The average molecular weight is 387 g/mol. The predicted molar refractivity (Wildman–Crippen MR) is 113 cm³/mol. The molecule has 1 saturated heterocycles. The highest BCUT2D eigenvalue weighted by Gasteiger charge is 2.31. The third kappa shape index (κ3) is 4.42. The minimum atomic E-state index is -0.259. The fourth-order valence-corrected chi connectivity index (χ4v) is 3.50.